The van der Waals surface area contributed by atoms with Gasteiger partial charge in [-0.05, 0) is 39.5 Å². The van der Waals surface area contributed by atoms with Gasteiger partial charge in [0, 0.05) is 6.04 Å². The summed E-state index contributed by atoms with van der Waals surface area (Å²) in [5.74, 6) is 0. The molecule has 0 rings (SSSR count). The zero-order valence-electron chi connectivity index (χ0n) is 11.1. The second-order valence-electron chi connectivity index (χ2n) is 6.31. The van der Waals surface area contributed by atoms with E-state index in [1.807, 2.05) is 27.7 Å². The number of nitrogens with one attached hydrogen (secondary N) is 1. The Balaban J connectivity index is 3.98. The monoisotopic (exact) mass is 215 g/mol. The predicted octanol–water partition coefficient (Wildman–Crippen LogP) is 3.34. The number of carbonyl (C=O) groups is 1. The molecule has 0 fully saturated rings. The lowest BCUT2D eigenvalue weighted by Crippen LogP contribution is -2.39. The maximum atomic E-state index is 11.4. The molecule has 0 aliphatic rings. The molecule has 0 unspecified atom stereocenters. The van der Waals surface area contributed by atoms with Crippen LogP contribution in [0.3, 0.4) is 0 Å². The molecular weight excluding hydrogens is 190 g/mol. The summed E-state index contributed by atoms with van der Waals surface area (Å²) in [4.78, 5) is 11.4. The topological polar surface area (TPSA) is 38.3 Å². The normalized spacial score (nSPS) is 14.6. The van der Waals surface area contributed by atoms with Crippen molar-refractivity contribution >= 4 is 6.09 Å². The number of hydrogen-bond acceptors (Lipinski definition) is 2. The van der Waals surface area contributed by atoms with Crippen molar-refractivity contribution in [1.82, 2.24) is 5.32 Å². The molecule has 1 N–H and O–H groups in total. The van der Waals surface area contributed by atoms with E-state index >= 15 is 0 Å². The van der Waals surface area contributed by atoms with Gasteiger partial charge in [-0.3, -0.25) is 0 Å². The van der Waals surface area contributed by atoms with Gasteiger partial charge in [0.15, 0.2) is 0 Å². The summed E-state index contributed by atoms with van der Waals surface area (Å²) >= 11 is 0. The van der Waals surface area contributed by atoms with Gasteiger partial charge in [0.1, 0.15) is 5.60 Å². The van der Waals surface area contributed by atoms with Crippen LogP contribution in [0.15, 0.2) is 0 Å². The predicted molar refractivity (Wildman–Crippen MR) is 62.9 cm³/mol. The molecule has 15 heavy (non-hydrogen) atoms. The van der Waals surface area contributed by atoms with E-state index in [0.717, 1.165) is 6.42 Å². The number of ether oxygens (including phenoxy) is 1. The molecule has 0 saturated carbocycles. The maximum absolute atomic E-state index is 11.4. The van der Waals surface area contributed by atoms with Gasteiger partial charge in [-0.2, -0.15) is 0 Å². The van der Waals surface area contributed by atoms with Gasteiger partial charge in [-0.1, -0.05) is 20.8 Å². The molecule has 0 spiro atoms. The Kier molecular flexibility index (Phi) is 4.63. The molecule has 1 amide bonds. The summed E-state index contributed by atoms with van der Waals surface area (Å²) in [5, 5.41) is 2.83. The van der Waals surface area contributed by atoms with Crippen molar-refractivity contribution in [3.05, 3.63) is 0 Å². The first kappa shape index (κ1) is 14.3. The molecule has 90 valence electrons. The molecule has 0 aromatic rings. The second kappa shape index (κ2) is 4.86. The molecule has 0 saturated heterocycles. The Hall–Kier alpha value is -0.730. The molecule has 0 heterocycles. The summed E-state index contributed by atoms with van der Waals surface area (Å²) in [6.07, 6.45) is 0.603. The lowest BCUT2D eigenvalue weighted by Gasteiger charge is -2.26. The minimum absolute atomic E-state index is 0.139. The third-order valence-electron chi connectivity index (χ3n) is 1.68. The number of alkyl carbamates (subject to hydrolysis) is 1. The van der Waals surface area contributed by atoms with Gasteiger partial charge < -0.3 is 10.1 Å². The average molecular weight is 215 g/mol. The molecule has 0 aromatic heterocycles. The van der Waals surface area contributed by atoms with Crippen molar-refractivity contribution in [2.75, 3.05) is 0 Å². The molecular formula is C12H25NO2. The van der Waals surface area contributed by atoms with Crippen molar-refractivity contribution in [3.8, 4) is 0 Å². The van der Waals surface area contributed by atoms with Crippen molar-refractivity contribution in [3.63, 3.8) is 0 Å². The van der Waals surface area contributed by atoms with Crippen LogP contribution in [-0.4, -0.2) is 17.7 Å². The van der Waals surface area contributed by atoms with E-state index in [4.69, 9.17) is 4.74 Å². The summed E-state index contributed by atoms with van der Waals surface area (Å²) in [5.41, 5.74) is -0.208. The highest BCUT2D eigenvalue weighted by Crippen LogP contribution is 2.20. The van der Waals surface area contributed by atoms with E-state index in [0.29, 0.717) is 0 Å². The SMILES string of the molecule is C[C@@H](CC(C)(C)C)NC(=O)OC(C)(C)C. The smallest absolute Gasteiger partial charge is 0.407 e. The van der Waals surface area contributed by atoms with Crippen LogP contribution >= 0.6 is 0 Å². The summed E-state index contributed by atoms with van der Waals surface area (Å²) in [7, 11) is 0. The molecule has 0 aromatic carbocycles. The molecule has 3 nitrogen and oxygen atoms in total. The fourth-order valence-corrected chi connectivity index (χ4v) is 1.48. The molecule has 0 radical (unpaired) electrons. The quantitative estimate of drug-likeness (QED) is 0.767. The molecule has 3 heteroatoms. The fourth-order valence-electron chi connectivity index (χ4n) is 1.48. The Bertz CT molecular complexity index is 211. The van der Waals surface area contributed by atoms with Gasteiger partial charge >= 0.3 is 6.09 Å². The van der Waals surface area contributed by atoms with Crippen molar-refractivity contribution in [2.24, 2.45) is 5.41 Å². The van der Waals surface area contributed by atoms with Crippen LogP contribution < -0.4 is 5.32 Å². The highest BCUT2D eigenvalue weighted by atomic mass is 16.6. The number of rotatable bonds is 2. The van der Waals surface area contributed by atoms with E-state index in [9.17, 15) is 4.79 Å². The third-order valence-corrected chi connectivity index (χ3v) is 1.68. The van der Waals surface area contributed by atoms with E-state index in [-0.39, 0.29) is 17.6 Å². The van der Waals surface area contributed by atoms with Crippen LogP contribution in [0, 0.1) is 5.41 Å². The largest absolute Gasteiger partial charge is 0.444 e. The summed E-state index contributed by atoms with van der Waals surface area (Å²) in [6, 6.07) is 0.139. The van der Waals surface area contributed by atoms with Crippen LogP contribution in [0.25, 0.3) is 0 Å². The van der Waals surface area contributed by atoms with Crippen LogP contribution in [0.1, 0.15) is 54.9 Å². The molecule has 1 atom stereocenters. The van der Waals surface area contributed by atoms with Crippen LogP contribution in [0.5, 0.6) is 0 Å². The van der Waals surface area contributed by atoms with E-state index < -0.39 is 5.60 Å². The lowest BCUT2D eigenvalue weighted by molar-refractivity contribution is 0.0498. The second-order valence-corrected chi connectivity index (χ2v) is 6.31. The molecule has 0 aliphatic carbocycles. The van der Waals surface area contributed by atoms with Crippen molar-refractivity contribution < 1.29 is 9.53 Å². The first-order chi connectivity index (χ1) is 6.49. The van der Waals surface area contributed by atoms with Gasteiger partial charge in [0.2, 0.25) is 0 Å². The zero-order chi connectivity index (χ0) is 12.3. The Morgan fingerprint density at radius 2 is 1.67 bits per heavy atom. The van der Waals surface area contributed by atoms with Crippen molar-refractivity contribution in [2.45, 2.75) is 66.5 Å². The summed E-state index contributed by atoms with van der Waals surface area (Å²) < 4.78 is 5.17. The highest BCUT2D eigenvalue weighted by molar-refractivity contribution is 5.68. The van der Waals surface area contributed by atoms with Crippen LogP contribution in [0.2, 0.25) is 0 Å². The minimum Gasteiger partial charge on any atom is -0.444 e. The van der Waals surface area contributed by atoms with E-state index in [1.165, 1.54) is 0 Å². The summed E-state index contributed by atoms with van der Waals surface area (Å²) in [6.45, 7) is 14.0. The van der Waals surface area contributed by atoms with Gasteiger partial charge in [0.25, 0.3) is 0 Å². The van der Waals surface area contributed by atoms with E-state index in [1.54, 1.807) is 0 Å². The fraction of sp³-hybridized carbons (Fsp3) is 0.917. The van der Waals surface area contributed by atoms with Gasteiger partial charge in [-0.15, -0.1) is 0 Å². The van der Waals surface area contributed by atoms with Crippen molar-refractivity contribution in [1.29, 1.82) is 0 Å². The Morgan fingerprint density at radius 1 is 1.20 bits per heavy atom. The zero-order valence-corrected chi connectivity index (χ0v) is 11.1. The maximum Gasteiger partial charge on any atom is 0.407 e. The Morgan fingerprint density at radius 3 is 2.00 bits per heavy atom. The molecule has 0 aliphatic heterocycles. The van der Waals surface area contributed by atoms with Gasteiger partial charge in [0.05, 0.1) is 0 Å². The standard InChI is InChI=1S/C12H25NO2/c1-9(8-11(2,3)4)13-10(14)15-12(5,6)7/h9H,8H2,1-7H3,(H,13,14)/t9-/m0/s1. The number of carbonyl (C=O) groups excluding carboxylic acids is 1. The average Bonchev–Trinajstić information content (AvgIpc) is 1.73. The Labute approximate surface area is 93.6 Å². The van der Waals surface area contributed by atoms with E-state index in [2.05, 4.69) is 26.1 Å². The number of amides is 1. The van der Waals surface area contributed by atoms with Gasteiger partial charge in [-0.25, -0.2) is 4.79 Å². The first-order valence-electron chi connectivity index (χ1n) is 5.49. The molecule has 0 bridgehead atoms. The number of hydrogen-bond donors (Lipinski definition) is 1. The highest BCUT2D eigenvalue weighted by Gasteiger charge is 2.20. The third kappa shape index (κ3) is 9.57. The van der Waals surface area contributed by atoms with Crippen LogP contribution in [0.4, 0.5) is 4.79 Å². The minimum atomic E-state index is -0.425. The van der Waals surface area contributed by atoms with Crippen LogP contribution in [-0.2, 0) is 4.74 Å². The first-order valence-corrected chi connectivity index (χ1v) is 5.49. The lowest BCUT2D eigenvalue weighted by atomic mass is 9.89.